The summed E-state index contributed by atoms with van der Waals surface area (Å²) in [5.74, 6) is 0.0742. The molecule has 0 atom stereocenters. The molecule has 0 saturated heterocycles. The zero-order valence-electron chi connectivity index (χ0n) is 18.9. The average molecular weight is 442 g/mol. The summed E-state index contributed by atoms with van der Waals surface area (Å²) < 4.78 is 0. The van der Waals surface area contributed by atoms with Crippen LogP contribution in [-0.2, 0) is 9.90 Å². The number of rotatable bonds is 5. The van der Waals surface area contributed by atoms with E-state index in [-0.39, 0.29) is 12.4 Å². The molecule has 34 heavy (non-hydrogen) atoms. The first kappa shape index (κ1) is 22.9. The molecule has 1 radical (unpaired) electrons. The minimum Gasteiger partial charge on any atom is -0.289 e. The number of hydrogen-bond acceptors (Lipinski definition) is 1. The van der Waals surface area contributed by atoms with Gasteiger partial charge in [-0.1, -0.05) is 127 Å². The summed E-state index contributed by atoms with van der Waals surface area (Å²) in [6.07, 6.45) is 1.32. The Hall–Kier alpha value is -4.27. The molecule has 0 fully saturated rings. The van der Waals surface area contributed by atoms with Crippen LogP contribution in [0.4, 0.5) is 0 Å². The van der Waals surface area contributed by atoms with Gasteiger partial charge in [-0.15, -0.1) is 6.58 Å². The first-order valence-corrected chi connectivity index (χ1v) is 11.2. The van der Waals surface area contributed by atoms with Gasteiger partial charge in [0.2, 0.25) is 0 Å². The predicted octanol–water partition coefficient (Wildman–Crippen LogP) is 7.39. The van der Waals surface area contributed by atoms with Crippen LogP contribution in [0, 0.1) is 0 Å². The highest BCUT2D eigenvalue weighted by Gasteiger charge is 2.35. The first-order chi connectivity index (χ1) is 16.8. The number of hydrogen-bond donors (Lipinski definition) is 0. The fraction of sp³-hybridized carbons (Fsp3) is 0.0312. The molecule has 0 N–H and O–H groups in total. The van der Waals surface area contributed by atoms with Crippen LogP contribution in [0.5, 0.6) is 0 Å². The zero-order chi connectivity index (χ0) is 23.8. The second-order valence-electron chi connectivity index (χ2n) is 7.75. The lowest BCUT2D eigenvalue weighted by molar-refractivity contribution is -0.108. The van der Waals surface area contributed by atoms with Crippen molar-refractivity contribution in [2.75, 3.05) is 6.61 Å². The van der Waals surface area contributed by atoms with Gasteiger partial charge in [0, 0.05) is 22.3 Å². The molecule has 2 heteroatoms. The molecule has 0 unspecified atom stereocenters. The van der Waals surface area contributed by atoms with Crippen molar-refractivity contribution < 1.29 is 9.90 Å². The van der Waals surface area contributed by atoms with Gasteiger partial charge in [-0.05, 0) is 22.3 Å². The van der Waals surface area contributed by atoms with Gasteiger partial charge in [0.05, 0.1) is 0 Å². The number of allylic oxidation sites excluding steroid dienone is 4. The van der Waals surface area contributed by atoms with E-state index in [2.05, 4.69) is 30.8 Å². The molecule has 0 heterocycles. The van der Waals surface area contributed by atoms with Crippen LogP contribution >= 0.6 is 0 Å². The molecule has 165 valence electrons. The van der Waals surface area contributed by atoms with Crippen molar-refractivity contribution in [3.8, 4) is 0 Å². The molecular weight excluding hydrogens is 416 g/mol. The Balaban J connectivity index is 0.000000636. The summed E-state index contributed by atoms with van der Waals surface area (Å²) in [7, 11) is 0. The maximum atomic E-state index is 14.0. The molecule has 0 aromatic heterocycles. The SMILES string of the molecule is C=CC[O].O=C1C(c2ccccc2)=C(c2ccccc2)C(c2ccccc2)=C1c1ccccc1. The van der Waals surface area contributed by atoms with Crippen LogP contribution in [0.15, 0.2) is 134 Å². The van der Waals surface area contributed by atoms with Gasteiger partial charge in [0.15, 0.2) is 5.78 Å². The van der Waals surface area contributed by atoms with Crippen molar-refractivity contribution in [1.29, 1.82) is 0 Å². The molecule has 0 saturated carbocycles. The Bertz CT molecular complexity index is 1220. The van der Waals surface area contributed by atoms with E-state index in [1.54, 1.807) is 0 Å². The van der Waals surface area contributed by atoms with Gasteiger partial charge in [0.1, 0.15) is 6.61 Å². The van der Waals surface area contributed by atoms with Crippen LogP contribution in [0.2, 0.25) is 0 Å². The van der Waals surface area contributed by atoms with Crippen molar-refractivity contribution in [2.24, 2.45) is 0 Å². The molecule has 2 nitrogen and oxygen atoms in total. The smallest absolute Gasteiger partial charge is 0.195 e. The van der Waals surface area contributed by atoms with E-state index in [4.69, 9.17) is 0 Å². The molecule has 4 aromatic carbocycles. The summed E-state index contributed by atoms with van der Waals surface area (Å²) in [6.45, 7) is 3.00. The molecule has 1 aliphatic rings. The Morgan fingerprint density at radius 1 is 0.471 bits per heavy atom. The Kier molecular flexibility index (Phi) is 7.44. The molecule has 0 bridgehead atoms. The summed E-state index contributed by atoms with van der Waals surface area (Å²) in [6, 6.07) is 40.5. The van der Waals surface area contributed by atoms with E-state index < -0.39 is 0 Å². The van der Waals surface area contributed by atoms with Gasteiger partial charge in [0.25, 0.3) is 0 Å². The summed E-state index contributed by atoms with van der Waals surface area (Å²) >= 11 is 0. The highest BCUT2D eigenvalue weighted by atomic mass is 16.2. The predicted molar refractivity (Wildman–Crippen MR) is 140 cm³/mol. The quantitative estimate of drug-likeness (QED) is 0.297. The van der Waals surface area contributed by atoms with Gasteiger partial charge in [-0.2, -0.15) is 0 Å². The van der Waals surface area contributed by atoms with Gasteiger partial charge in [-0.25, -0.2) is 5.11 Å². The van der Waals surface area contributed by atoms with Crippen LogP contribution in [-0.4, -0.2) is 12.4 Å². The third kappa shape index (κ3) is 4.73. The lowest BCUT2D eigenvalue weighted by atomic mass is 9.89. The lowest BCUT2D eigenvalue weighted by Gasteiger charge is -2.13. The number of carbonyl (C=O) groups is 1. The van der Waals surface area contributed by atoms with E-state index in [0.717, 1.165) is 44.5 Å². The Morgan fingerprint density at radius 2 is 0.706 bits per heavy atom. The van der Waals surface area contributed by atoms with Gasteiger partial charge in [-0.3, -0.25) is 4.79 Å². The van der Waals surface area contributed by atoms with E-state index in [9.17, 15) is 9.90 Å². The summed E-state index contributed by atoms with van der Waals surface area (Å²) in [4.78, 5) is 14.0. The largest absolute Gasteiger partial charge is 0.289 e. The molecule has 0 amide bonds. The molecule has 0 aliphatic heterocycles. The topological polar surface area (TPSA) is 37.0 Å². The van der Waals surface area contributed by atoms with Crippen molar-refractivity contribution in [2.45, 2.75) is 0 Å². The third-order valence-electron chi connectivity index (χ3n) is 5.57. The standard InChI is InChI=1S/C29H20O.C3H5O/c30-29-27(23-17-9-3-10-18-23)25(21-13-5-1-6-14-21)26(22-15-7-2-8-16-22)28(29)24-19-11-4-12-20-24;1-2-3-4/h1-20H;2H,1,3H2. The highest BCUT2D eigenvalue weighted by molar-refractivity contribution is 6.59. The summed E-state index contributed by atoms with van der Waals surface area (Å²) in [5.41, 5.74) is 7.51. The number of carbonyl (C=O) groups excluding carboxylic acids is 1. The minimum absolute atomic E-state index is 0.0742. The maximum Gasteiger partial charge on any atom is 0.195 e. The van der Waals surface area contributed by atoms with Crippen LogP contribution < -0.4 is 0 Å². The van der Waals surface area contributed by atoms with Crippen molar-refractivity contribution in [3.05, 3.63) is 156 Å². The normalized spacial score (nSPS) is 12.9. The zero-order valence-corrected chi connectivity index (χ0v) is 18.9. The second-order valence-corrected chi connectivity index (χ2v) is 7.75. The van der Waals surface area contributed by atoms with E-state index >= 15 is 0 Å². The lowest BCUT2D eigenvalue weighted by Crippen LogP contribution is -2.01. The van der Waals surface area contributed by atoms with Crippen molar-refractivity contribution in [1.82, 2.24) is 0 Å². The number of Topliss-reactive ketones (excluding diaryl/α,β-unsaturated/α-hetero) is 1. The Morgan fingerprint density at radius 3 is 0.941 bits per heavy atom. The maximum absolute atomic E-state index is 14.0. The molecule has 5 rings (SSSR count). The van der Waals surface area contributed by atoms with Crippen LogP contribution in [0.3, 0.4) is 0 Å². The number of ketones is 1. The second kappa shape index (κ2) is 11.0. The van der Waals surface area contributed by atoms with E-state index in [1.807, 2.05) is 97.1 Å². The highest BCUT2D eigenvalue weighted by Crippen LogP contribution is 2.49. The fourth-order valence-electron chi connectivity index (χ4n) is 4.15. The van der Waals surface area contributed by atoms with E-state index in [0.29, 0.717) is 0 Å². The van der Waals surface area contributed by atoms with Crippen LogP contribution in [0.25, 0.3) is 22.3 Å². The fourth-order valence-corrected chi connectivity index (χ4v) is 4.15. The van der Waals surface area contributed by atoms with Crippen LogP contribution in [0.1, 0.15) is 22.3 Å². The Labute approximate surface area is 200 Å². The third-order valence-corrected chi connectivity index (χ3v) is 5.57. The van der Waals surface area contributed by atoms with Crippen molar-refractivity contribution in [3.63, 3.8) is 0 Å². The molecule has 1 aliphatic carbocycles. The molecule has 0 spiro atoms. The van der Waals surface area contributed by atoms with Gasteiger partial charge < -0.3 is 0 Å². The molecular formula is C32H25O2. The molecule has 4 aromatic rings. The van der Waals surface area contributed by atoms with E-state index in [1.165, 1.54) is 6.08 Å². The number of benzene rings is 4. The monoisotopic (exact) mass is 441 g/mol. The van der Waals surface area contributed by atoms with Crippen molar-refractivity contribution >= 4 is 28.1 Å². The average Bonchev–Trinajstić information content (AvgIpc) is 3.23. The van der Waals surface area contributed by atoms with Gasteiger partial charge >= 0.3 is 0 Å². The summed E-state index contributed by atoms with van der Waals surface area (Å²) in [5, 5.41) is 9.18. The first-order valence-electron chi connectivity index (χ1n) is 11.2. The minimum atomic E-state index is -0.167.